The number of nitrogens with zero attached hydrogens (tertiary/aromatic N) is 4. The Kier molecular flexibility index (Phi) is 5.04. The predicted molar refractivity (Wildman–Crippen MR) is 106 cm³/mol. The topological polar surface area (TPSA) is 101 Å². The van der Waals surface area contributed by atoms with Crippen molar-refractivity contribution in [2.45, 2.75) is 17.9 Å². The van der Waals surface area contributed by atoms with E-state index in [4.69, 9.17) is 0 Å². The minimum atomic E-state index is -4.02. The zero-order chi connectivity index (χ0) is 21.3. The zero-order valence-corrected chi connectivity index (χ0v) is 16.4. The van der Waals surface area contributed by atoms with Gasteiger partial charge in [0.15, 0.2) is 23.1 Å². The first-order chi connectivity index (χ1) is 14.3. The highest BCUT2D eigenvalue weighted by molar-refractivity contribution is 7.92. The van der Waals surface area contributed by atoms with E-state index in [0.29, 0.717) is 17.3 Å². The van der Waals surface area contributed by atoms with Crippen molar-refractivity contribution in [3.8, 4) is 0 Å². The third-order valence-electron chi connectivity index (χ3n) is 4.31. The van der Waals surface area contributed by atoms with Crippen molar-refractivity contribution in [1.29, 1.82) is 0 Å². The molecule has 30 heavy (non-hydrogen) atoms. The van der Waals surface area contributed by atoms with E-state index in [1.54, 1.807) is 0 Å². The second-order valence-electron chi connectivity index (χ2n) is 6.47. The molecule has 8 nitrogen and oxygen atoms in total. The fourth-order valence-electron chi connectivity index (χ4n) is 2.84. The molecule has 0 aliphatic heterocycles. The number of hydrogen-bond donors (Lipinski definition) is 2. The lowest BCUT2D eigenvalue weighted by Crippen LogP contribution is -2.15. The van der Waals surface area contributed by atoms with Gasteiger partial charge in [0.1, 0.15) is 10.7 Å². The summed E-state index contributed by atoms with van der Waals surface area (Å²) in [5, 5.41) is 11.4. The Morgan fingerprint density at radius 1 is 1.03 bits per heavy atom. The molecule has 0 aliphatic carbocycles. The third-order valence-corrected chi connectivity index (χ3v) is 5.68. The predicted octanol–water partition coefficient (Wildman–Crippen LogP) is 3.38. The molecule has 0 bridgehead atoms. The van der Waals surface area contributed by atoms with Crippen LogP contribution < -0.4 is 10.0 Å². The number of fused-ring (bicyclic) bond motifs is 1. The number of anilines is 2. The largest absolute Gasteiger partial charge is 0.360 e. The van der Waals surface area contributed by atoms with Crippen LogP contribution in [-0.2, 0) is 10.0 Å². The molecule has 0 spiro atoms. The highest BCUT2D eigenvalue weighted by atomic mass is 32.2. The van der Waals surface area contributed by atoms with E-state index in [9.17, 15) is 17.2 Å². The molecule has 2 N–H and O–H groups in total. The Labute approximate surface area is 170 Å². The number of hydrogen-bond acceptors (Lipinski definition) is 6. The van der Waals surface area contributed by atoms with Crippen molar-refractivity contribution < 1.29 is 17.2 Å². The minimum Gasteiger partial charge on any atom is -0.360 e. The summed E-state index contributed by atoms with van der Waals surface area (Å²) in [6.45, 7) is 1.88. The molecule has 1 unspecified atom stereocenters. The molecule has 4 aromatic rings. The first kappa shape index (κ1) is 19.7. The lowest BCUT2D eigenvalue weighted by Gasteiger charge is -2.13. The van der Waals surface area contributed by atoms with E-state index in [2.05, 4.69) is 25.2 Å². The standard InChI is InChI=1S/C19H16F2N6O2S/c1-12(19-25-24-18-4-2-3-9-27(18)19)23-17-8-6-14(11-22-17)30(28,29)26-13-5-7-15(20)16(21)10-13/h2-12,26H,1H3,(H,22,23). The average Bonchev–Trinajstić information content (AvgIpc) is 3.15. The van der Waals surface area contributed by atoms with Gasteiger partial charge in [-0.3, -0.25) is 9.12 Å². The average molecular weight is 430 g/mol. The van der Waals surface area contributed by atoms with E-state index < -0.39 is 21.7 Å². The molecule has 0 fully saturated rings. The molecule has 11 heteroatoms. The van der Waals surface area contributed by atoms with Gasteiger partial charge >= 0.3 is 0 Å². The van der Waals surface area contributed by atoms with Gasteiger partial charge in [-0.05, 0) is 43.3 Å². The molecule has 3 heterocycles. The molecular formula is C19H16F2N6O2S. The third kappa shape index (κ3) is 3.92. The first-order valence-electron chi connectivity index (χ1n) is 8.83. The highest BCUT2D eigenvalue weighted by Crippen LogP contribution is 2.21. The summed E-state index contributed by atoms with van der Waals surface area (Å²) in [4.78, 5) is 4.00. The van der Waals surface area contributed by atoms with E-state index in [1.165, 1.54) is 18.3 Å². The molecule has 1 atom stereocenters. The van der Waals surface area contributed by atoms with Crippen molar-refractivity contribution in [1.82, 2.24) is 19.6 Å². The number of pyridine rings is 2. The molecule has 1 aromatic carbocycles. The molecule has 0 amide bonds. The Balaban J connectivity index is 1.49. The fraction of sp³-hybridized carbons (Fsp3) is 0.105. The number of halogens is 2. The van der Waals surface area contributed by atoms with Crippen LogP contribution in [0.15, 0.2) is 65.8 Å². The lowest BCUT2D eigenvalue weighted by molar-refractivity contribution is 0.509. The summed E-state index contributed by atoms with van der Waals surface area (Å²) < 4.78 is 55.3. The monoisotopic (exact) mass is 430 g/mol. The normalized spacial score (nSPS) is 12.6. The van der Waals surface area contributed by atoms with Gasteiger partial charge in [0.2, 0.25) is 0 Å². The number of rotatable bonds is 6. The summed E-state index contributed by atoms with van der Waals surface area (Å²) in [6, 6.07) is 10.9. The molecular weight excluding hydrogens is 414 g/mol. The fourth-order valence-corrected chi connectivity index (χ4v) is 3.83. The lowest BCUT2D eigenvalue weighted by atomic mass is 10.3. The Hall–Kier alpha value is -3.60. The van der Waals surface area contributed by atoms with Gasteiger partial charge < -0.3 is 5.32 Å². The van der Waals surface area contributed by atoms with Crippen molar-refractivity contribution in [3.05, 3.63) is 78.4 Å². The van der Waals surface area contributed by atoms with Crippen LogP contribution in [-0.4, -0.2) is 28.0 Å². The van der Waals surface area contributed by atoms with Crippen molar-refractivity contribution in [2.24, 2.45) is 0 Å². The maximum atomic E-state index is 13.3. The second-order valence-corrected chi connectivity index (χ2v) is 8.15. The Bertz CT molecular complexity index is 1310. The zero-order valence-electron chi connectivity index (χ0n) is 15.6. The van der Waals surface area contributed by atoms with Crippen LogP contribution in [0.4, 0.5) is 20.3 Å². The molecule has 154 valence electrons. The summed E-state index contributed by atoms with van der Waals surface area (Å²) >= 11 is 0. The molecule has 0 saturated heterocycles. The van der Waals surface area contributed by atoms with Gasteiger partial charge in [-0.2, -0.15) is 0 Å². The SMILES string of the molecule is CC(Nc1ccc(S(=O)(=O)Nc2ccc(F)c(F)c2)cn1)c1nnc2ccccn12. The molecule has 0 saturated carbocycles. The van der Waals surface area contributed by atoms with Crippen LogP contribution in [0.2, 0.25) is 0 Å². The van der Waals surface area contributed by atoms with E-state index in [1.807, 2.05) is 35.7 Å². The number of nitrogens with one attached hydrogen (secondary N) is 2. The van der Waals surface area contributed by atoms with Crippen LogP contribution in [0, 0.1) is 11.6 Å². The maximum absolute atomic E-state index is 13.3. The second kappa shape index (κ2) is 7.67. The number of aromatic nitrogens is 4. The van der Waals surface area contributed by atoms with Crippen LogP contribution in [0.5, 0.6) is 0 Å². The van der Waals surface area contributed by atoms with Gasteiger partial charge in [-0.25, -0.2) is 22.2 Å². The minimum absolute atomic E-state index is 0.0941. The number of sulfonamides is 1. The smallest absolute Gasteiger partial charge is 0.263 e. The van der Waals surface area contributed by atoms with Gasteiger partial charge in [0, 0.05) is 18.5 Å². The van der Waals surface area contributed by atoms with Crippen LogP contribution >= 0.6 is 0 Å². The van der Waals surface area contributed by atoms with Crippen molar-refractivity contribution in [2.75, 3.05) is 10.0 Å². The summed E-state index contributed by atoms with van der Waals surface area (Å²) in [6.07, 6.45) is 3.01. The van der Waals surface area contributed by atoms with Gasteiger partial charge in [0.05, 0.1) is 11.7 Å². The van der Waals surface area contributed by atoms with Gasteiger partial charge in [-0.15, -0.1) is 10.2 Å². The molecule has 3 aromatic heterocycles. The molecule has 0 radical (unpaired) electrons. The summed E-state index contributed by atoms with van der Waals surface area (Å²) in [5.74, 6) is -1.11. The van der Waals surface area contributed by atoms with E-state index in [-0.39, 0.29) is 16.6 Å². The Morgan fingerprint density at radius 3 is 2.60 bits per heavy atom. The summed E-state index contributed by atoms with van der Waals surface area (Å²) in [5.41, 5.74) is 0.613. The van der Waals surface area contributed by atoms with Gasteiger partial charge in [0.25, 0.3) is 10.0 Å². The van der Waals surface area contributed by atoms with Gasteiger partial charge in [-0.1, -0.05) is 6.07 Å². The number of benzene rings is 1. The van der Waals surface area contributed by atoms with Crippen LogP contribution in [0.1, 0.15) is 18.8 Å². The van der Waals surface area contributed by atoms with Crippen molar-refractivity contribution in [3.63, 3.8) is 0 Å². The highest BCUT2D eigenvalue weighted by Gasteiger charge is 2.17. The first-order valence-corrected chi connectivity index (χ1v) is 10.3. The van der Waals surface area contributed by atoms with Crippen LogP contribution in [0.3, 0.4) is 0 Å². The van der Waals surface area contributed by atoms with E-state index in [0.717, 1.165) is 18.2 Å². The maximum Gasteiger partial charge on any atom is 0.263 e. The molecule has 4 rings (SSSR count). The molecule has 0 aliphatic rings. The van der Waals surface area contributed by atoms with Crippen molar-refractivity contribution >= 4 is 27.2 Å². The summed E-state index contributed by atoms with van der Waals surface area (Å²) in [7, 11) is -4.02. The van der Waals surface area contributed by atoms with E-state index >= 15 is 0 Å². The quantitative estimate of drug-likeness (QED) is 0.486. The Morgan fingerprint density at radius 2 is 1.87 bits per heavy atom. The van der Waals surface area contributed by atoms with Crippen LogP contribution in [0.25, 0.3) is 5.65 Å².